The molecule has 0 saturated carbocycles. The fraction of sp³-hybridized carbons (Fsp3) is 0.143. The Morgan fingerprint density at radius 3 is 2.38 bits per heavy atom. The Hall–Kier alpha value is -2.36. The Morgan fingerprint density at radius 1 is 0.885 bits per heavy atom. The van der Waals surface area contributed by atoms with Crippen molar-refractivity contribution in [1.29, 1.82) is 0 Å². The molecule has 3 aromatic carbocycles. The van der Waals surface area contributed by atoms with E-state index in [1.807, 2.05) is 60.7 Å². The summed E-state index contributed by atoms with van der Waals surface area (Å²) in [5, 5.41) is 4.46. The number of para-hydroxylation sites is 1. The molecular formula is C21H19Cl2NO2. The van der Waals surface area contributed by atoms with Gasteiger partial charge in [-0.2, -0.15) is 0 Å². The molecule has 0 radical (unpaired) electrons. The van der Waals surface area contributed by atoms with Gasteiger partial charge in [0, 0.05) is 17.8 Å². The van der Waals surface area contributed by atoms with Crippen LogP contribution < -0.4 is 14.8 Å². The molecule has 0 atom stereocenters. The Morgan fingerprint density at radius 2 is 1.65 bits per heavy atom. The first-order valence-corrected chi connectivity index (χ1v) is 8.94. The van der Waals surface area contributed by atoms with Crippen molar-refractivity contribution in [3.63, 3.8) is 0 Å². The predicted octanol–water partition coefficient (Wildman–Crippen LogP) is 6.19. The maximum absolute atomic E-state index is 6.06. The summed E-state index contributed by atoms with van der Waals surface area (Å²) in [5.41, 5.74) is 3.06. The SMILES string of the molecule is COc1ccc(NCc2ccccc2OCc2ccc(Cl)c(Cl)c2)cc1. The summed E-state index contributed by atoms with van der Waals surface area (Å²) in [5.74, 6) is 1.67. The van der Waals surface area contributed by atoms with Gasteiger partial charge in [0.05, 0.1) is 17.2 Å². The Labute approximate surface area is 163 Å². The van der Waals surface area contributed by atoms with Crippen molar-refractivity contribution in [3.05, 3.63) is 87.9 Å². The highest BCUT2D eigenvalue weighted by atomic mass is 35.5. The lowest BCUT2D eigenvalue weighted by atomic mass is 10.2. The van der Waals surface area contributed by atoms with Crippen molar-refractivity contribution in [3.8, 4) is 11.5 Å². The van der Waals surface area contributed by atoms with Gasteiger partial charge in [0.2, 0.25) is 0 Å². The van der Waals surface area contributed by atoms with Crippen LogP contribution in [0.15, 0.2) is 66.7 Å². The standard InChI is InChI=1S/C21H19Cl2NO2/c1-25-18-9-7-17(8-10-18)24-13-16-4-2-3-5-21(16)26-14-15-6-11-19(22)20(23)12-15/h2-12,24H,13-14H2,1H3. The summed E-state index contributed by atoms with van der Waals surface area (Å²) in [6, 6.07) is 21.3. The summed E-state index contributed by atoms with van der Waals surface area (Å²) >= 11 is 12.0. The van der Waals surface area contributed by atoms with E-state index < -0.39 is 0 Å². The van der Waals surface area contributed by atoms with Gasteiger partial charge in [-0.1, -0.05) is 47.5 Å². The first-order valence-electron chi connectivity index (χ1n) is 8.18. The highest BCUT2D eigenvalue weighted by Crippen LogP contribution is 2.25. The molecule has 3 nitrogen and oxygen atoms in total. The zero-order valence-corrected chi connectivity index (χ0v) is 15.8. The molecule has 0 aliphatic heterocycles. The van der Waals surface area contributed by atoms with E-state index in [1.54, 1.807) is 13.2 Å². The molecule has 0 aliphatic carbocycles. The fourth-order valence-corrected chi connectivity index (χ4v) is 2.81. The maximum Gasteiger partial charge on any atom is 0.124 e. The molecule has 0 unspecified atom stereocenters. The largest absolute Gasteiger partial charge is 0.497 e. The van der Waals surface area contributed by atoms with Crippen LogP contribution in [0.25, 0.3) is 0 Å². The van der Waals surface area contributed by atoms with Crippen LogP contribution in [0.1, 0.15) is 11.1 Å². The molecular weight excluding hydrogens is 369 g/mol. The van der Waals surface area contributed by atoms with Crippen molar-refractivity contribution < 1.29 is 9.47 Å². The van der Waals surface area contributed by atoms with Crippen LogP contribution in [-0.2, 0) is 13.2 Å². The van der Waals surface area contributed by atoms with Crippen LogP contribution in [0.5, 0.6) is 11.5 Å². The number of hydrogen-bond donors (Lipinski definition) is 1. The van der Waals surface area contributed by atoms with Crippen LogP contribution >= 0.6 is 23.2 Å². The van der Waals surface area contributed by atoms with E-state index in [-0.39, 0.29) is 0 Å². The number of halogens is 2. The lowest BCUT2D eigenvalue weighted by Gasteiger charge is -2.13. The third-order valence-corrected chi connectivity index (χ3v) is 4.66. The van der Waals surface area contributed by atoms with E-state index in [0.29, 0.717) is 23.2 Å². The number of hydrogen-bond acceptors (Lipinski definition) is 3. The van der Waals surface area contributed by atoms with Crippen molar-refractivity contribution in [2.45, 2.75) is 13.2 Å². The van der Waals surface area contributed by atoms with Gasteiger partial charge in [-0.15, -0.1) is 0 Å². The van der Waals surface area contributed by atoms with Crippen LogP contribution in [-0.4, -0.2) is 7.11 Å². The first kappa shape index (κ1) is 18.4. The number of rotatable bonds is 7. The normalized spacial score (nSPS) is 10.4. The Kier molecular flexibility index (Phi) is 6.26. The number of methoxy groups -OCH3 is 1. The molecule has 0 fully saturated rings. The zero-order valence-electron chi connectivity index (χ0n) is 14.3. The van der Waals surface area contributed by atoms with Gasteiger partial charge in [-0.3, -0.25) is 0 Å². The van der Waals surface area contributed by atoms with E-state index in [4.69, 9.17) is 32.7 Å². The number of anilines is 1. The van der Waals surface area contributed by atoms with Gasteiger partial charge < -0.3 is 14.8 Å². The lowest BCUT2D eigenvalue weighted by Crippen LogP contribution is -2.03. The predicted molar refractivity (Wildman–Crippen MR) is 108 cm³/mol. The van der Waals surface area contributed by atoms with E-state index in [9.17, 15) is 0 Å². The van der Waals surface area contributed by atoms with Crippen LogP contribution in [0.4, 0.5) is 5.69 Å². The topological polar surface area (TPSA) is 30.5 Å². The third-order valence-electron chi connectivity index (χ3n) is 3.92. The molecule has 0 saturated heterocycles. The molecule has 0 aliphatic rings. The minimum Gasteiger partial charge on any atom is -0.497 e. The van der Waals surface area contributed by atoms with Gasteiger partial charge in [0.1, 0.15) is 18.1 Å². The molecule has 1 N–H and O–H groups in total. The molecule has 0 heterocycles. The van der Waals surface area contributed by atoms with Gasteiger partial charge in [0.25, 0.3) is 0 Å². The van der Waals surface area contributed by atoms with Gasteiger partial charge in [-0.05, 0) is 48.0 Å². The van der Waals surface area contributed by atoms with E-state index in [2.05, 4.69) is 5.32 Å². The van der Waals surface area contributed by atoms with Crippen molar-refractivity contribution >= 4 is 28.9 Å². The van der Waals surface area contributed by atoms with Crippen LogP contribution in [0.3, 0.4) is 0 Å². The highest BCUT2D eigenvalue weighted by Gasteiger charge is 2.05. The highest BCUT2D eigenvalue weighted by molar-refractivity contribution is 6.42. The fourth-order valence-electron chi connectivity index (χ4n) is 2.49. The Balaban J connectivity index is 1.64. The van der Waals surface area contributed by atoms with Crippen LogP contribution in [0.2, 0.25) is 10.0 Å². The maximum atomic E-state index is 6.06. The summed E-state index contributed by atoms with van der Waals surface area (Å²) in [6.07, 6.45) is 0. The monoisotopic (exact) mass is 387 g/mol. The number of ether oxygens (including phenoxy) is 2. The minimum absolute atomic E-state index is 0.427. The summed E-state index contributed by atoms with van der Waals surface area (Å²) < 4.78 is 11.2. The number of benzene rings is 3. The average molecular weight is 388 g/mol. The molecule has 134 valence electrons. The Bertz CT molecular complexity index is 866. The molecule has 0 aromatic heterocycles. The summed E-state index contributed by atoms with van der Waals surface area (Å²) in [7, 11) is 1.66. The third kappa shape index (κ3) is 4.84. The smallest absolute Gasteiger partial charge is 0.124 e. The number of nitrogens with one attached hydrogen (secondary N) is 1. The van der Waals surface area contributed by atoms with Gasteiger partial charge in [-0.25, -0.2) is 0 Å². The van der Waals surface area contributed by atoms with Crippen molar-refractivity contribution in [2.75, 3.05) is 12.4 Å². The van der Waals surface area contributed by atoms with E-state index >= 15 is 0 Å². The van der Waals surface area contributed by atoms with Gasteiger partial charge >= 0.3 is 0 Å². The molecule has 3 aromatic rings. The van der Waals surface area contributed by atoms with E-state index in [1.165, 1.54) is 0 Å². The van der Waals surface area contributed by atoms with Gasteiger partial charge in [0.15, 0.2) is 0 Å². The lowest BCUT2D eigenvalue weighted by molar-refractivity contribution is 0.303. The molecule has 0 amide bonds. The molecule has 5 heteroatoms. The second-order valence-electron chi connectivity index (χ2n) is 5.73. The molecule has 0 bridgehead atoms. The molecule has 0 spiro atoms. The molecule has 26 heavy (non-hydrogen) atoms. The van der Waals surface area contributed by atoms with Crippen LogP contribution in [0, 0.1) is 0 Å². The second kappa shape index (κ2) is 8.84. The summed E-state index contributed by atoms with van der Waals surface area (Å²) in [6.45, 7) is 1.08. The zero-order chi connectivity index (χ0) is 18.4. The quantitative estimate of drug-likeness (QED) is 0.523. The first-order chi connectivity index (χ1) is 12.7. The van der Waals surface area contributed by atoms with Crippen molar-refractivity contribution in [2.24, 2.45) is 0 Å². The molecule has 3 rings (SSSR count). The summed E-state index contributed by atoms with van der Waals surface area (Å²) in [4.78, 5) is 0. The average Bonchev–Trinajstić information content (AvgIpc) is 2.68. The minimum atomic E-state index is 0.427. The van der Waals surface area contributed by atoms with Crippen molar-refractivity contribution in [1.82, 2.24) is 0 Å². The second-order valence-corrected chi connectivity index (χ2v) is 6.54. The van der Waals surface area contributed by atoms with E-state index in [0.717, 1.165) is 28.3 Å².